The molecule has 14 heavy (non-hydrogen) atoms. The van der Waals surface area contributed by atoms with Crippen LogP contribution in [0.4, 0.5) is 5.69 Å². The quantitative estimate of drug-likeness (QED) is 0.784. The van der Waals surface area contributed by atoms with E-state index in [4.69, 9.17) is 11.8 Å². The summed E-state index contributed by atoms with van der Waals surface area (Å²) in [6.45, 7) is 0.725. The van der Waals surface area contributed by atoms with Gasteiger partial charge in [0.2, 0.25) is 0 Å². The number of aromatic nitrogens is 3. The second-order valence-corrected chi connectivity index (χ2v) is 3.07. The van der Waals surface area contributed by atoms with Gasteiger partial charge in [0.25, 0.3) is 0 Å². The Bertz CT molecular complexity index is 382. The van der Waals surface area contributed by atoms with Gasteiger partial charge in [-0.15, -0.1) is 0 Å². The number of benzene rings is 1. The summed E-state index contributed by atoms with van der Waals surface area (Å²) < 4.78 is 1.77. The molecular formula is C9H9ClN4. The van der Waals surface area contributed by atoms with E-state index >= 15 is 0 Å². The van der Waals surface area contributed by atoms with Gasteiger partial charge in [-0.1, -0.05) is 12.1 Å². The van der Waals surface area contributed by atoms with Crippen LogP contribution in [0.1, 0.15) is 5.56 Å². The predicted molar refractivity (Wildman–Crippen MR) is 55.0 cm³/mol. The Balaban J connectivity index is 2.10. The molecule has 0 bridgehead atoms. The zero-order valence-electron chi connectivity index (χ0n) is 7.39. The molecule has 0 aliphatic rings. The Labute approximate surface area is 86.6 Å². The number of nitrogens with zero attached hydrogens (tertiary/aromatic N) is 3. The maximum absolute atomic E-state index is 5.44. The molecule has 0 saturated heterocycles. The van der Waals surface area contributed by atoms with Crippen molar-refractivity contribution in [2.24, 2.45) is 0 Å². The van der Waals surface area contributed by atoms with E-state index < -0.39 is 0 Å². The molecule has 0 unspecified atom stereocenters. The van der Waals surface area contributed by atoms with Gasteiger partial charge in [0.05, 0.1) is 6.54 Å². The van der Waals surface area contributed by atoms with Crippen molar-refractivity contribution in [2.45, 2.75) is 6.54 Å². The lowest BCUT2D eigenvalue weighted by Gasteiger charge is -2.02. The number of hydrogen-bond acceptors (Lipinski definition) is 3. The van der Waals surface area contributed by atoms with Crippen molar-refractivity contribution in [1.29, 1.82) is 0 Å². The Morgan fingerprint density at radius 2 is 2.07 bits per heavy atom. The zero-order chi connectivity index (χ0) is 9.80. The van der Waals surface area contributed by atoms with Crippen molar-refractivity contribution in [3.05, 3.63) is 42.5 Å². The summed E-state index contributed by atoms with van der Waals surface area (Å²) in [5.41, 5.74) is 2.04. The molecule has 0 aliphatic carbocycles. The van der Waals surface area contributed by atoms with Crippen molar-refractivity contribution < 1.29 is 0 Å². The first-order valence-electron chi connectivity index (χ1n) is 4.16. The van der Waals surface area contributed by atoms with Crippen molar-refractivity contribution in [1.82, 2.24) is 14.8 Å². The monoisotopic (exact) mass is 208 g/mol. The third-order valence-electron chi connectivity index (χ3n) is 1.87. The molecular weight excluding hydrogens is 200 g/mol. The molecule has 0 amide bonds. The predicted octanol–water partition coefficient (Wildman–Crippen LogP) is 1.89. The molecule has 1 N–H and O–H groups in total. The highest BCUT2D eigenvalue weighted by Crippen LogP contribution is 2.10. The van der Waals surface area contributed by atoms with Crippen LogP contribution >= 0.6 is 11.8 Å². The minimum absolute atomic E-state index is 0.725. The van der Waals surface area contributed by atoms with Crippen LogP contribution in [0.15, 0.2) is 36.9 Å². The Morgan fingerprint density at radius 3 is 2.64 bits per heavy atom. The van der Waals surface area contributed by atoms with Crippen LogP contribution in [0.25, 0.3) is 0 Å². The molecule has 72 valence electrons. The molecule has 0 spiro atoms. The summed E-state index contributed by atoms with van der Waals surface area (Å²) in [5, 5.41) is 4.02. The Kier molecular flexibility index (Phi) is 2.65. The highest BCUT2D eigenvalue weighted by Gasteiger charge is 1.95. The maximum atomic E-state index is 5.44. The van der Waals surface area contributed by atoms with Gasteiger partial charge in [-0.25, -0.2) is 9.67 Å². The highest BCUT2D eigenvalue weighted by atomic mass is 35.5. The van der Waals surface area contributed by atoms with Crippen molar-refractivity contribution in [2.75, 3.05) is 4.84 Å². The first kappa shape index (κ1) is 9.02. The van der Waals surface area contributed by atoms with Gasteiger partial charge >= 0.3 is 0 Å². The van der Waals surface area contributed by atoms with E-state index in [9.17, 15) is 0 Å². The molecule has 1 heterocycles. The van der Waals surface area contributed by atoms with Crippen LogP contribution < -0.4 is 4.84 Å². The average Bonchev–Trinajstić information content (AvgIpc) is 2.72. The van der Waals surface area contributed by atoms with Crippen LogP contribution in [-0.2, 0) is 6.54 Å². The van der Waals surface area contributed by atoms with E-state index in [0.717, 1.165) is 17.8 Å². The van der Waals surface area contributed by atoms with Crippen LogP contribution in [0.2, 0.25) is 0 Å². The fourth-order valence-corrected chi connectivity index (χ4v) is 1.30. The number of rotatable bonds is 3. The molecule has 1 aromatic heterocycles. The summed E-state index contributed by atoms with van der Waals surface area (Å²) in [6.07, 6.45) is 3.21. The minimum atomic E-state index is 0.725. The molecule has 2 rings (SSSR count). The SMILES string of the molecule is ClNc1ccc(Cn2cncn2)cc1. The third-order valence-corrected chi connectivity index (χ3v) is 2.09. The molecule has 5 heteroatoms. The number of anilines is 1. The van der Waals surface area contributed by atoms with E-state index in [0.29, 0.717) is 0 Å². The lowest BCUT2D eigenvalue weighted by atomic mass is 10.2. The van der Waals surface area contributed by atoms with E-state index in [2.05, 4.69) is 14.9 Å². The van der Waals surface area contributed by atoms with Gasteiger partial charge in [-0.05, 0) is 17.7 Å². The van der Waals surface area contributed by atoms with Crippen LogP contribution in [0, 0.1) is 0 Å². The summed E-state index contributed by atoms with van der Waals surface area (Å²) in [5.74, 6) is 0. The Hall–Kier alpha value is -1.55. The second-order valence-electron chi connectivity index (χ2n) is 2.88. The van der Waals surface area contributed by atoms with Crippen LogP contribution in [0.5, 0.6) is 0 Å². The van der Waals surface area contributed by atoms with Gasteiger partial charge < -0.3 is 0 Å². The minimum Gasteiger partial charge on any atom is -0.299 e. The lowest BCUT2D eigenvalue weighted by molar-refractivity contribution is 0.685. The number of halogens is 1. The van der Waals surface area contributed by atoms with Crippen molar-refractivity contribution in [3.8, 4) is 0 Å². The van der Waals surface area contributed by atoms with Gasteiger partial charge in [-0.3, -0.25) is 4.84 Å². The standard InChI is InChI=1S/C9H9ClN4/c10-13-9-3-1-8(2-4-9)5-14-7-11-6-12-14/h1-4,6-7,13H,5H2. The van der Waals surface area contributed by atoms with Gasteiger partial charge in [0.15, 0.2) is 0 Å². The molecule has 0 radical (unpaired) electrons. The molecule has 0 fully saturated rings. The van der Waals surface area contributed by atoms with E-state index in [1.165, 1.54) is 6.33 Å². The lowest BCUT2D eigenvalue weighted by Crippen LogP contribution is -1.99. The summed E-state index contributed by atoms with van der Waals surface area (Å²) in [6, 6.07) is 7.82. The van der Waals surface area contributed by atoms with Gasteiger partial charge in [0.1, 0.15) is 12.7 Å². The van der Waals surface area contributed by atoms with Crippen LogP contribution in [-0.4, -0.2) is 14.8 Å². The normalized spacial score (nSPS) is 10.1. The van der Waals surface area contributed by atoms with Crippen molar-refractivity contribution >= 4 is 17.5 Å². The summed E-state index contributed by atoms with van der Waals surface area (Å²) in [4.78, 5) is 6.42. The van der Waals surface area contributed by atoms with Gasteiger partial charge in [-0.2, -0.15) is 5.10 Å². The Morgan fingerprint density at radius 1 is 1.29 bits per heavy atom. The maximum Gasteiger partial charge on any atom is 0.137 e. The fraction of sp³-hybridized carbons (Fsp3) is 0.111. The molecule has 1 aromatic carbocycles. The number of nitrogens with one attached hydrogen (secondary N) is 1. The zero-order valence-corrected chi connectivity index (χ0v) is 8.15. The first-order chi connectivity index (χ1) is 6.88. The first-order valence-corrected chi connectivity index (χ1v) is 4.54. The molecule has 2 aromatic rings. The molecule has 0 atom stereocenters. The highest BCUT2D eigenvalue weighted by molar-refractivity contribution is 6.23. The smallest absolute Gasteiger partial charge is 0.137 e. The molecule has 4 nitrogen and oxygen atoms in total. The second kappa shape index (κ2) is 4.11. The van der Waals surface area contributed by atoms with Crippen molar-refractivity contribution in [3.63, 3.8) is 0 Å². The molecule has 0 saturated carbocycles. The fourth-order valence-electron chi connectivity index (χ4n) is 1.17. The molecule has 0 aliphatic heterocycles. The third kappa shape index (κ3) is 2.03. The average molecular weight is 209 g/mol. The summed E-state index contributed by atoms with van der Waals surface area (Å²) in [7, 11) is 0. The van der Waals surface area contributed by atoms with Gasteiger partial charge in [0, 0.05) is 17.5 Å². The van der Waals surface area contributed by atoms with E-state index in [-0.39, 0.29) is 0 Å². The van der Waals surface area contributed by atoms with E-state index in [1.807, 2.05) is 24.3 Å². The number of hydrogen-bond donors (Lipinski definition) is 1. The van der Waals surface area contributed by atoms with E-state index in [1.54, 1.807) is 11.0 Å². The summed E-state index contributed by atoms with van der Waals surface area (Å²) >= 11 is 5.44. The topological polar surface area (TPSA) is 42.7 Å². The van der Waals surface area contributed by atoms with Crippen LogP contribution in [0.3, 0.4) is 0 Å². The largest absolute Gasteiger partial charge is 0.299 e.